The molecule has 1 aromatic heterocycles. The third-order valence-electron chi connectivity index (χ3n) is 3.92. The van der Waals surface area contributed by atoms with Crippen LogP contribution in [0.15, 0.2) is 24.4 Å². The minimum Gasteiger partial charge on any atom is -0.324 e. The van der Waals surface area contributed by atoms with Gasteiger partial charge in [0.1, 0.15) is 5.82 Å². The Balaban J connectivity index is 1.88. The summed E-state index contributed by atoms with van der Waals surface area (Å²) in [5, 5.41) is 0. The van der Waals surface area contributed by atoms with Crippen LogP contribution in [0.25, 0.3) is 0 Å². The quantitative estimate of drug-likeness (QED) is 0.910. The molecular formula is C17H21N3. The molecule has 0 radical (unpaired) electrons. The van der Waals surface area contributed by atoms with E-state index in [0.29, 0.717) is 0 Å². The molecule has 3 nitrogen and oxygen atoms in total. The molecule has 2 N–H and O–H groups in total. The largest absolute Gasteiger partial charge is 0.324 e. The van der Waals surface area contributed by atoms with Crippen molar-refractivity contribution in [3.8, 4) is 0 Å². The second-order valence-electron chi connectivity index (χ2n) is 5.86. The van der Waals surface area contributed by atoms with Gasteiger partial charge < -0.3 is 5.73 Å². The van der Waals surface area contributed by atoms with Crippen molar-refractivity contribution in [1.29, 1.82) is 0 Å². The van der Waals surface area contributed by atoms with Crippen LogP contribution in [0.1, 0.15) is 52.7 Å². The van der Waals surface area contributed by atoms with Gasteiger partial charge in [-0.05, 0) is 38.7 Å². The first-order valence-corrected chi connectivity index (χ1v) is 7.29. The first-order chi connectivity index (χ1) is 9.61. The summed E-state index contributed by atoms with van der Waals surface area (Å²) in [5.41, 5.74) is 12.3. The second-order valence-corrected chi connectivity index (χ2v) is 5.86. The molecule has 20 heavy (non-hydrogen) atoms. The Hall–Kier alpha value is -1.74. The van der Waals surface area contributed by atoms with E-state index >= 15 is 0 Å². The summed E-state index contributed by atoms with van der Waals surface area (Å²) in [5.74, 6) is 0.905. The fraction of sp³-hybridized carbons (Fsp3) is 0.412. The first kappa shape index (κ1) is 13.3. The maximum atomic E-state index is 6.11. The third-order valence-corrected chi connectivity index (χ3v) is 3.92. The average molecular weight is 267 g/mol. The molecule has 1 atom stereocenters. The highest BCUT2D eigenvalue weighted by molar-refractivity contribution is 5.31. The Kier molecular flexibility index (Phi) is 3.53. The summed E-state index contributed by atoms with van der Waals surface area (Å²) in [6.45, 7) is 4.26. The lowest BCUT2D eigenvalue weighted by atomic mass is 9.93. The summed E-state index contributed by atoms with van der Waals surface area (Å²) < 4.78 is 0. The van der Waals surface area contributed by atoms with Gasteiger partial charge in [0.05, 0.1) is 0 Å². The normalized spacial score (nSPS) is 17.9. The predicted octanol–water partition coefficient (Wildman–Crippen LogP) is 3.02. The first-order valence-electron chi connectivity index (χ1n) is 7.29. The number of hydrogen-bond donors (Lipinski definition) is 1. The molecule has 0 bridgehead atoms. The Labute approximate surface area is 120 Å². The van der Waals surface area contributed by atoms with Crippen molar-refractivity contribution in [1.82, 2.24) is 9.97 Å². The van der Waals surface area contributed by atoms with E-state index in [4.69, 9.17) is 10.7 Å². The molecule has 104 valence electrons. The number of aromatic nitrogens is 2. The van der Waals surface area contributed by atoms with Gasteiger partial charge in [0.25, 0.3) is 0 Å². The summed E-state index contributed by atoms with van der Waals surface area (Å²) in [6, 6.07) is 6.73. The average Bonchev–Trinajstić information content (AvgIpc) is 2.37. The molecule has 0 aliphatic heterocycles. The molecule has 3 rings (SSSR count). The van der Waals surface area contributed by atoms with E-state index in [2.05, 4.69) is 37.0 Å². The minimum atomic E-state index is 0.119. The van der Waals surface area contributed by atoms with E-state index < -0.39 is 0 Å². The zero-order chi connectivity index (χ0) is 14.1. The van der Waals surface area contributed by atoms with Crippen LogP contribution in [-0.2, 0) is 12.8 Å². The van der Waals surface area contributed by atoms with Crippen LogP contribution in [0.3, 0.4) is 0 Å². The van der Waals surface area contributed by atoms with Crippen molar-refractivity contribution in [3.05, 3.63) is 58.2 Å². The number of hydrogen-bond acceptors (Lipinski definition) is 3. The van der Waals surface area contributed by atoms with E-state index in [1.54, 1.807) is 0 Å². The van der Waals surface area contributed by atoms with Crippen LogP contribution in [-0.4, -0.2) is 9.97 Å². The number of nitrogens with zero attached hydrogens (tertiary/aromatic N) is 2. The van der Waals surface area contributed by atoms with Crippen molar-refractivity contribution < 1.29 is 0 Å². The third kappa shape index (κ3) is 2.73. The standard InChI is InChI=1S/C17H21N3/c1-11-6-12(2)8-13(7-11)9-17-19-10-14-15(18)4-3-5-16(14)20-17/h6-8,10,15H,3-5,9,18H2,1-2H3. The molecule has 0 saturated carbocycles. The molecule has 0 fully saturated rings. The monoisotopic (exact) mass is 267 g/mol. The van der Waals surface area contributed by atoms with Crippen LogP contribution >= 0.6 is 0 Å². The van der Waals surface area contributed by atoms with Crippen LogP contribution in [0.4, 0.5) is 0 Å². The highest BCUT2D eigenvalue weighted by Crippen LogP contribution is 2.26. The van der Waals surface area contributed by atoms with Crippen molar-refractivity contribution >= 4 is 0 Å². The fourth-order valence-corrected chi connectivity index (χ4v) is 3.06. The molecule has 2 aromatic rings. The second kappa shape index (κ2) is 5.33. The van der Waals surface area contributed by atoms with Crippen molar-refractivity contribution in [2.45, 2.75) is 45.6 Å². The smallest absolute Gasteiger partial charge is 0.132 e. The SMILES string of the molecule is Cc1cc(C)cc(Cc2ncc3c(n2)CCCC3N)c1. The molecule has 1 aromatic carbocycles. The van der Waals surface area contributed by atoms with Crippen LogP contribution < -0.4 is 5.73 Å². The zero-order valence-electron chi connectivity index (χ0n) is 12.2. The van der Waals surface area contributed by atoms with Crippen LogP contribution in [0, 0.1) is 13.8 Å². The Morgan fingerprint density at radius 3 is 2.70 bits per heavy atom. The van der Waals surface area contributed by atoms with Crippen LogP contribution in [0.5, 0.6) is 0 Å². The van der Waals surface area contributed by atoms with E-state index in [-0.39, 0.29) is 6.04 Å². The van der Waals surface area contributed by atoms with Gasteiger partial charge in [-0.2, -0.15) is 0 Å². The molecule has 0 spiro atoms. The highest BCUT2D eigenvalue weighted by atomic mass is 14.9. The van der Waals surface area contributed by atoms with Gasteiger partial charge in [0.15, 0.2) is 0 Å². The Morgan fingerprint density at radius 2 is 1.95 bits per heavy atom. The lowest BCUT2D eigenvalue weighted by molar-refractivity contribution is 0.553. The summed E-state index contributed by atoms with van der Waals surface area (Å²) in [6.07, 6.45) is 5.95. The zero-order valence-corrected chi connectivity index (χ0v) is 12.2. The highest BCUT2D eigenvalue weighted by Gasteiger charge is 2.18. The van der Waals surface area contributed by atoms with Gasteiger partial charge >= 0.3 is 0 Å². The van der Waals surface area contributed by atoms with Crippen molar-refractivity contribution in [3.63, 3.8) is 0 Å². The van der Waals surface area contributed by atoms with Gasteiger partial charge in [0, 0.05) is 29.9 Å². The van der Waals surface area contributed by atoms with Crippen molar-refractivity contribution in [2.24, 2.45) is 5.73 Å². The lowest BCUT2D eigenvalue weighted by Crippen LogP contribution is -2.19. The van der Waals surface area contributed by atoms with Gasteiger partial charge in [-0.3, -0.25) is 0 Å². The van der Waals surface area contributed by atoms with E-state index in [1.165, 1.54) is 16.7 Å². The number of benzene rings is 1. The number of aryl methyl sites for hydroxylation is 3. The molecule has 1 heterocycles. The van der Waals surface area contributed by atoms with E-state index in [0.717, 1.165) is 42.8 Å². The molecule has 0 saturated heterocycles. The summed E-state index contributed by atoms with van der Waals surface area (Å²) in [4.78, 5) is 9.23. The summed E-state index contributed by atoms with van der Waals surface area (Å²) >= 11 is 0. The number of rotatable bonds is 2. The fourth-order valence-electron chi connectivity index (χ4n) is 3.06. The number of fused-ring (bicyclic) bond motifs is 1. The Bertz CT molecular complexity index is 614. The lowest BCUT2D eigenvalue weighted by Gasteiger charge is -2.21. The molecule has 1 unspecified atom stereocenters. The van der Waals surface area contributed by atoms with Gasteiger partial charge in [0.2, 0.25) is 0 Å². The van der Waals surface area contributed by atoms with Crippen LogP contribution in [0.2, 0.25) is 0 Å². The molecule has 3 heteroatoms. The van der Waals surface area contributed by atoms with E-state index in [1.807, 2.05) is 6.20 Å². The Morgan fingerprint density at radius 1 is 1.20 bits per heavy atom. The van der Waals surface area contributed by atoms with Gasteiger partial charge in [-0.1, -0.05) is 29.3 Å². The van der Waals surface area contributed by atoms with E-state index in [9.17, 15) is 0 Å². The molecule has 0 amide bonds. The molecular weight excluding hydrogens is 246 g/mol. The van der Waals surface area contributed by atoms with Gasteiger partial charge in [-0.15, -0.1) is 0 Å². The van der Waals surface area contributed by atoms with Crippen molar-refractivity contribution in [2.75, 3.05) is 0 Å². The maximum absolute atomic E-state index is 6.11. The minimum absolute atomic E-state index is 0.119. The maximum Gasteiger partial charge on any atom is 0.132 e. The molecule has 1 aliphatic carbocycles. The molecule has 1 aliphatic rings. The van der Waals surface area contributed by atoms with Gasteiger partial charge in [-0.25, -0.2) is 9.97 Å². The topological polar surface area (TPSA) is 51.8 Å². The summed E-state index contributed by atoms with van der Waals surface area (Å²) in [7, 11) is 0. The number of nitrogens with two attached hydrogens (primary N) is 1. The predicted molar refractivity (Wildman–Crippen MR) is 80.6 cm³/mol.